The van der Waals surface area contributed by atoms with Crippen molar-refractivity contribution in [1.29, 1.82) is 0 Å². The van der Waals surface area contributed by atoms with Crippen molar-refractivity contribution in [3.05, 3.63) is 22.3 Å². The minimum Gasteiger partial charge on any atom is -0.465 e. The first-order valence-electron chi connectivity index (χ1n) is 5.12. The summed E-state index contributed by atoms with van der Waals surface area (Å²) in [5.41, 5.74) is 0. The molecule has 92 valence electrons. The van der Waals surface area contributed by atoms with Gasteiger partial charge in [-0.05, 0) is 6.07 Å². The largest absolute Gasteiger partial charge is 0.465 e. The van der Waals surface area contributed by atoms with Crippen LogP contribution >= 0.6 is 23.2 Å². The third kappa shape index (κ3) is 2.73. The molecule has 0 saturated carbocycles. The van der Waals surface area contributed by atoms with E-state index in [0.29, 0.717) is 42.0 Å². The Morgan fingerprint density at radius 2 is 1.94 bits per heavy atom. The second kappa shape index (κ2) is 4.98. The molecule has 0 bridgehead atoms. The van der Waals surface area contributed by atoms with Gasteiger partial charge in [-0.2, -0.15) is 0 Å². The van der Waals surface area contributed by atoms with Gasteiger partial charge in [-0.25, -0.2) is 9.78 Å². The third-order valence-electron chi connectivity index (χ3n) is 2.64. The molecule has 0 aliphatic carbocycles. The standard InChI is InChI=1S/C10H11Cl2N3O2/c11-7-5-8(12)9(13-6-7)14-1-3-15(4-2-14)10(16)17/h5-6H,1-4H2,(H,16,17). The Bertz CT molecular complexity index is 434. The van der Waals surface area contributed by atoms with E-state index in [-0.39, 0.29) is 0 Å². The molecule has 0 spiro atoms. The predicted octanol–water partition coefficient (Wildman–Crippen LogP) is 2.19. The van der Waals surface area contributed by atoms with Crippen molar-refractivity contribution >= 4 is 35.1 Å². The quantitative estimate of drug-likeness (QED) is 0.854. The van der Waals surface area contributed by atoms with E-state index < -0.39 is 6.09 Å². The van der Waals surface area contributed by atoms with Crippen molar-refractivity contribution in [3.8, 4) is 0 Å². The summed E-state index contributed by atoms with van der Waals surface area (Å²) in [6.07, 6.45) is 0.645. The van der Waals surface area contributed by atoms with Crippen LogP contribution in [0.15, 0.2) is 12.3 Å². The topological polar surface area (TPSA) is 56.7 Å². The van der Waals surface area contributed by atoms with Crippen LogP contribution in [-0.2, 0) is 0 Å². The van der Waals surface area contributed by atoms with Crippen molar-refractivity contribution < 1.29 is 9.90 Å². The molecule has 17 heavy (non-hydrogen) atoms. The number of halogens is 2. The van der Waals surface area contributed by atoms with Gasteiger partial charge in [0.05, 0.1) is 10.0 Å². The summed E-state index contributed by atoms with van der Waals surface area (Å²) in [7, 11) is 0. The number of carbonyl (C=O) groups is 1. The van der Waals surface area contributed by atoms with Gasteiger partial charge in [-0.1, -0.05) is 23.2 Å². The molecule has 1 amide bonds. The van der Waals surface area contributed by atoms with Gasteiger partial charge >= 0.3 is 6.09 Å². The van der Waals surface area contributed by atoms with Gasteiger partial charge in [-0.15, -0.1) is 0 Å². The highest BCUT2D eigenvalue weighted by Crippen LogP contribution is 2.26. The van der Waals surface area contributed by atoms with E-state index in [1.165, 1.54) is 11.1 Å². The fourth-order valence-electron chi connectivity index (χ4n) is 1.75. The molecule has 0 radical (unpaired) electrons. The van der Waals surface area contributed by atoms with Gasteiger partial charge < -0.3 is 14.9 Å². The van der Waals surface area contributed by atoms with Crippen molar-refractivity contribution in [3.63, 3.8) is 0 Å². The molecular weight excluding hydrogens is 265 g/mol. The molecule has 1 aliphatic rings. The van der Waals surface area contributed by atoms with Crippen molar-refractivity contribution in [2.24, 2.45) is 0 Å². The zero-order chi connectivity index (χ0) is 12.4. The highest BCUT2D eigenvalue weighted by molar-refractivity contribution is 6.36. The first-order valence-corrected chi connectivity index (χ1v) is 5.87. The van der Waals surface area contributed by atoms with Gasteiger partial charge in [0, 0.05) is 32.4 Å². The van der Waals surface area contributed by atoms with E-state index in [1.54, 1.807) is 6.07 Å². The molecule has 1 aliphatic heterocycles. The van der Waals surface area contributed by atoms with E-state index in [2.05, 4.69) is 4.98 Å². The van der Waals surface area contributed by atoms with Crippen LogP contribution in [0.1, 0.15) is 0 Å². The summed E-state index contributed by atoms with van der Waals surface area (Å²) < 4.78 is 0. The predicted molar refractivity (Wildman–Crippen MR) is 66.1 cm³/mol. The van der Waals surface area contributed by atoms with Gasteiger partial charge in [0.2, 0.25) is 0 Å². The van der Waals surface area contributed by atoms with E-state index in [0.717, 1.165) is 0 Å². The summed E-state index contributed by atoms with van der Waals surface area (Å²) in [6, 6.07) is 1.63. The maximum atomic E-state index is 10.8. The molecule has 2 heterocycles. The molecule has 1 saturated heterocycles. The third-order valence-corrected chi connectivity index (χ3v) is 3.12. The summed E-state index contributed by atoms with van der Waals surface area (Å²) >= 11 is 11.8. The molecule has 2 rings (SSSR count). The molecule has 1 N–H and O–H groups in total. The fourth-order valence-corrected chi connectivity index (χ4v) is 2.25. The number of piperazine rings is 1. The molecule has 7 heteroatoms. The summed E-state index contributed by atoms with van der Waals surface area (Å²) in [5, 5.41) is 9.81. The number of anilines is 1. The average molecular weight is 276 g/mol. The number of amides is 1. The maximum absolute atomic E-state index is 10.8. The van der Waals surface area contributed by atoms with Gasteiger partial charge in [0.15, 0.2) is 0 Å². The number of hydrogen-bond acceptors (Lipinski definition) is 3. The van der Waals surface area contributed by atoms with E-state index >= 15 is 0 Å². The zero-order valence-electron chi connectivity index (χ0n) is 8.94. The Morgan fingerprint density at radius 3 is 2.47 bits per heavy atom. The number of pyridine rings is 1. The number of hydrogen-bond donors (Lipinski definition) is 1. The van der Waals surface area contributed by atoms with Crippen LogP contribution in [0.4, 0.5) is 10.6 Å². The molecule has 1 aromatic rings. The van der Waals surface area contributed by atoms with Gasteiger partial charge in [0.1, 0.15) is 5.82 Å². The molecule has 1 fully saturated rings. The number of rotatable bonds is 1. The van der Waals surface area contributed by atoms with Gasteiger partial charge in [0.25, 0.3) is 0 Å². The lowest BCUT2D eigenvalue weighted by Crippen LogP contribution is -2.48. The molecule has 0 atom stereocenters. The Labute approximate surface area is 109 Å². The lowest BCUT2D eigenvalue weighted by molar-refractivity contribution is 0.142. The number of nitrogens with zero attached hydrogens (tertiary/aromatic N) is 3. The fraction of sp³-hybridized carbons (Fsp3) is 0.400. The lowest BCUT2D eigenvalue weighted by Gasteiger charge is -2.34. The Hall–Kier alpha value is -1.20. The Morgan fingerprint density at radius 1 is 1.29 bits per heavy atom. The summed E-state index contributed by atoms with van der Waals surface area (Å²) in [4.78, 5) is 18.3. The smallest absolute Gasteiger partial charge is 0.407 e. The molecule has 1 aromatic heterocycles. The van der Waals surface area contributed by atoms with E-state index in [9.17, 15) is 4.79 Å². The summed E-state index contributed by atoms with van der Waals surface area (Å²) in [6.45, 7) is 2.08. The Kier molecular flexibility index (Phi) is 3.59. The normalized spacial score (nSPS) is 16.1. The molecular formula is C10H11Cl2N3O2. The summed E-state index contributed by atoms with van der Waals surface area (Å²) in [5.74, 6) is 0.654. The van der Waals surface area contributed by atoms with E-state index in [1.807, 2.05) is 4.90 Å². The highest BCUT2D eigenvalue weighted by atomic mass is 35.5. The number of aromatic nitrogens is 1. The van der Waals surface area contributed by atoms with Crippen molar-refractivity contribution in [2.45, 2.75) is 0 Å². The van der Waals surface area contributed by atoms with Gasteiger partial charge in [-0.3, -0.25) is 0 Å². The second-order valence-electron chi connectivity index (χ2n) is 3.72. The van der Waals surface area contributed by atoms with Crippen LogP contribution in [0.2, 0.25) is 10.0 Å². The minimum absolute atomic E-state index is 0.454. The SMILES string of the molecule is O=C(O)N1CCN(c2ncc(Cl)cc2Cl)CC1. The highest BCUT2D eigenvalue weighted by Gasteiger charge is 2.22. The second-order valence-corrected chi connectivity index (χ2v) is 4.56. The average Bonchev–Trinajstić information content (AvgIpc) is 2.29. The molecule has 0 aromatic carbocycles. The maximum Gasteiger partial charge on any atom is 0.407 e. The Balaban J connectivity index is 2.08. The molecule has 5 nitrogen and oxygen atoms in total. The van der Waals surface area contributed by atoms with E-state index in [4.69, 9.17) is 28.3 Å². The monoisotopic (exact) mass is 275 g/mol. The van der Waals surface area contributed by atoms with Crippen molar-refractivity contribution in [1.82, 2.24) is 9.88 Å². The van der Waals surface area contributed by atoms with Crippen LogP contribution < -0.4 is 4.90 Å². The van der Waals surface area contributed by atoms with Crippen LogP contribution in [-0.4, -0.2) is 47.3 Å². The van der Waals surface area contributed by atoms with Crippen LogP contribution in [0.3, 0.4) is 0 Å². The van der Waals surface area contributed by atoms with Crippen LogP contribution in [0, 0.1) is 0 Å². The molecule has 0 unspecified atom stereocenters. The minimum atomic E-state index is -0.889. The first kappa shape index (κ1) is 12.3. The lowest BCUT2D eigenvalue weighted by atomic mass is 10.3. The van der Waals surface area contributed by atoms with Crippen LogP contribution in [0.5, 0.6) is 0 Å². The zero-order valence-corrected chi connectivity index (χ0v) is 10.4. The number of carboxylic acid groups (broad SMARTS) is 1. The first-order chi connectivity index (χ1) is 8.08. The van der Waals surface area contributed by atoms with Crippen LogP contribution in [0.25, 0.3) is 0 Å². The van der Waals surface area contributed by atoms with Crippen molar-refractivity contribution in [2.75, 3.05) is 31.1 Å².